The second kappa shape index (κ2) is 25.4. The molecule has 0 spiro atoms. The van der Waals surface area contributed by atoms with Gasteiger partial charge < -0.3 is 9.80 Å². The van der Waals surface area contributed by atoms with Crippen LogP contribution in [0.2, 0.25) is 0 Å². The summed E-state index contributed by atoms with van der Waals surface area (Å²) in [5.41, 5.74) is 2.13. The van der Waals surface area contributed by atoms with Crippen molar-refractivity contribution in [3.63, 3.8) is 0 Å². The lowest BCUT2D eigenvalue weighted by Gasteiger charge is -2.34. The number of nitrogens with zero attached hydrogens (tertiary/aromatic N) is 6. The van der Waals surface area contributed by atoms with Crippen molar-refractivity contribution in [1.82, 2.24) is 29.6 Å². The zero-order valence-corrected chi connectivity index (χ0v) is 32.8. The van der Waals surface area contributed by atoms with Crippen LogP contribution in [0.4, 0.5) is 0 Å². The van der Waals surface area contributed by atoms with Crippen molar-refractivity contribution in [3.8, 4) is 0 Å². The highest BCUT2D eigenvalue weighted by Gasteiger charge is 2.20. The molecule has 0 N–H and O–H groups in total. The molecule has 4 rings (SSSR count). The molecule has 8 nitrogen and oxygen atoms in total. The molecule has 50 heavy (non-hydrogen) atoms. The number of rotatable bonds is 17. The van der Waals surface area contributed by atoms with Gasteiger partial charge in [0.2, 0.25) is 11.8 Å². The minimum absolute atomic E-state index is 0. The van der Waals surface area contributed by atoms with Crippen LogP contribution in [-0.4, -0.2) is 119 Å². The van der Waals surface area contributed by atoms with Gasteiger partial charge >= 0.3 is 0 Å². The molecular weight excluding hydrogens is 707 g/mol. The predicted octanol–water partition coefficient (Wildman–Crippen LogP) is 7.23. The molecule has 0 saturated carbocycles. The molecule has 2 aliphatic heterocycles. The van der Waals surface area contributed by atoms with E-state index in [1.165, 1.54) is 38.5 Å². The molecule has 2 aromatic heterocycles. The maximum Gasteiger partial charge on any atom is 0.246 e. The fraction of sp³-hybridized carbons (Fsp3) is 0.474. The summed E-state index contributed by atoms with van der Waals surface area (Å²) in [5, 5.41) is 1.98. The highest BCUT2D eigenvalue weighted by atomic mass is 35.5. The SMILES string of the molecule is CSc1ncccc1C=CC=CC(=O)N1CCN(CCCCCCCCN2CCN(C(=O)C=CC=Cc3cccnc3SC)CC2)CC1.Cl.Cl. The number of allylic oxidation sites excluding steroid dienone is 4. The van der Waals surface area contributed by atoms with Crippen LogP contribution in [0.25, 0.3) is 12.2 Å². The molecular formula is C38H54Cl2N6O2S2. The predicted molar refractivity (Wildman–Crippen MR) is 217 cm³/mol. The highest BCUT2D eigenvalue weighted by Crippen LogP contribution is 2.19. The number of thioether (sulfide) groups is 2. The molecule has 0 aliphatic carbocycles. The number of halogens is 2. The molecule has 0 atom stereocenters. The second-order valence-electron chi connectivity index (χ2n) is 12.1. The maximum atomic E-state index is 12.6. The highest BCUT2D eigenvalue weighted by molar-refractivity contribution is 7.98. The van der Waals surface area contributed by atoms with E-state index in [9.17, 15) is 9.59 Å². The van der Waals surface area contributed by atoms with Crippen LogP contribution < -0.4 is 0 Å². The summed E-state index contributed by atoms with van der Waals surface area (Å²) < 4.78 is 0. The maximum absolute atomic E-state index is 12.6. The third-order valence-electron chi connectivity index (χ3n) is 8.81. The normalized spacial score (nSPS) is 16.0. The quantitative estimate of drug-likeness (QED) is 0.0725. The molecule has 0 aromatic carbocycles. The van der Waals surface area contributed by atoms with Gasteiger partial charge in [0.05, 0.1) is 0 Å². The van der Waals surface area contributed by atoms with Crippen LogP contribution in [0.1, 0.15) is 49.7 Å². The number of hydrogen-bond acceptors (Lipinski definition) is 8. The molecule has 12 heteroatoms. The van der Waals surface area contributed by atoms with Gasteiger partial charge in [-0.1, -0.05) is 74.3 Å². The number of aromatic nitrogens is 2. The zero-order valence-electron chi connectivity index (χ0n) is 29.5. The second-order valence-corrected chi connectivity index (χ2v) is 13.7. The van der Waals surface area contributed by atoms with E-state index < -0.39 is 0 Å². The van der Waals surface area contributed by atoms with Crippen LogP contribution in [0.5, 0.6) is 0 Å². The Labute approximate surface area is 320 Å². The Morgan fingerprint density at radius 1 is 0.600 bits per heavy atom. The van der Waals surface area contributed by atoms with Gasteiger partial charge in [-0.3, -0.25) is 19.4 Å². The van der Waals surface area contributed by atoms with Crippen molar-refractivity contribution < 1.29 is 9.59 Å². The van der Waals surface area contributed by atoms with Crippen LogP contribution in [0, 0.1) is 0 Å². The van der Waals surface area contributed by atoms with Crippen LogP contribution in [0.3, 0.4) is 0 Å². The van der Waals surface area contributed by atoms with E-state index in [-0.39, 0.29) is 36.6 Å². The summed E-state index contributed by atoms with van der Waals surface area (Å²) in [6, 6.07) is 7.92. The lowest BCUT2D eigenvalue weighted by molar-refractivity contribution is -0.128. The van der Waals surface area contributed by atoms with E-state index in [2.05, 4.69) is 19.8 Å². The summed E-state index contributed by atoms with van der Waals surface area (Å²) in [4.78, 5) is 42.9. The molecule has 0 bridgehead atoms. The van der Waals surface area contributed by atoms with Crippen molar-refractivity contribution in [3.05, 3.63) is 84.2 Å². The van der Waals surface area contributed by atoms with E-state index in [1.54, 1.807) is 48.1 Å². The number of hydrogen-bond donors (Lipinski definition) is 0. The van der Waals surface area contributed by atoms with Gasteiger partial charge in [-0.15, -0.1) is 48.3 Å². The molecule has 2 aliphatic rings. The Morgan fingerprint density at radius 2 is 0.980 bits per heavy atom. The third kappa shape index (κ3) is 15.3. The molecule has 2 aromatic rings. The van der Waals surface area contributed by atoms with Gasteiger partial charge in [0.1, 0.15) is 10.1 Å². The lowest BCUT2D eigenvalue weighted by atomic mass is 10.1. The summed E-state index contributed by atoms with van der Waals surface area (Å²) in [6.45, 7) is 9.29. The Morgan fingerprint density at radius 3 is 1.36 bits per heavy atom. The molecule has 2 amide bonds. The first kappa shape index (κ1) is 43.6. The summed E-state index contributed by atoms with van der Waals surface area (Å²) in [6.07, 6.45) is 30.1. The lowest BCUT2D eigenvalue weighted by Crippen LogP contribution is -2.48. The monoisotopic (exact) mass is 760 g/mol. The van der Waals surface area contributed by atoms with E-state index in [0.717, 1.165) is 86.6 Å². The number of carbonyl (C=O) groups is 2. The Bertz CT molecular complexity index is 1300. The van der Waals surface area contributed by atoms with Crippen LogP contribution in [0.15, 0.2) is 83.2 Å². The molecule has 2 saturated heterocycles. The summed E-state index contributed by atoms with van der Waals surface area (Å²) in [7, 11) is 0. The topological polar surface area (TPSA) is 72.9 Å². The Balaban J connectivity index is 0.00000433. The van der Waals surface area contributed by atoms with E-state index in [4.69, 9.17) is 0 Å². The number of amides is 2. The first-order valence-electron chi connectivity index (χ1n) is 17.3. The van der Waals surface area contributed by atoms with Gasteiger partial charge in [0.15, 0.2) is 0 Å². The fourth-order valence-corrected chi connectivity index (χ4v) is 7.04. The van der Waals surface area contributed by atoms with Gasteiger partial charge in [-0.05, 0) is 50.6 Å². The Kier molecular flexibility index (Phi) is 22.1. The van der Waals surface area contributed by atoms with E-state index >= 15 is 0 Å². The molecule has 4 heterocycles. The first-order valence-corrected chi connectivity index (χ1v) is 19.7. The van der Waals surface area contributed by atoms with E-state index in [0.29, 0.717) is 0 Å². The smallest absolute Gasteiger partial charge is 0.246 e. The van der Waals surface area contributed by atoms with Crippen molar-refractivity contribution in [1.29, 1.82) is 0 Å². The zero-order chi connectivity index (χ0) is 33.8. The van der Waals surface area contributed by atoms with Crippen molar-refractivity contribution >= 4 is 72.3 Å². The van der Waals surface area contributed by atoms with Crippen LogP contribution in [-0.2, 0) is 9.59 Å². The Hall–Kier alpha value is -2.60. The number of unbranched alkanes of at least 4 members (excludes halogenated alkanes) is 5. The van der Waals surface area contributed by atoms with Crippen molar-refractivity contribution in [2.45, 2.75) is 48.6 Å². The molecule has 274 valence electrons. The summed E-state index contributed by atoms with van der Waals surface area (Å²) in [5.74, 6) is 0.183. The van der Waals surface area contributed by atoms with Crippen LogP contribution >= 0.6 is 48.3 Å². The minimum atomic E-state index is 0. The van der Waals surface area contributed by atoms with Crippen molar-refractivity contribution in [2.75, 3.05) is 78.0 Å². The average Bonchev–Trinajstić information content (AvgIpc) is 3.13. The number of piperazine rings is 2. The first-order chi connectivity index (χ1) is 23.6. The van der Waals surface area contributed by atoms with Crippen molar-refractivity contribution in [2.24, 2.45) is 0 Å². The third-order valence-corrected chi connectivity index (χ3v) is 10.3. The van der Waals surface area contributed by atoms with Gasteiger partial charge in [0, 0.05) is 88.0 Å². The van der Waals surface area contributed by atoms with E-state index in [1.807, 2.05) is 83.0 Å². The largest absolute Gasteiger partial charge is 0.337 e. The minimum Gasteiger partial charge on any atom is -0.337 e. The molecule has 0 unspecified atom stereocenters. The van der Waals surface area contributed by atoms with Gasteiger partial charge in [-0.2, -0.15) is 0 Å². The number of carbonyl (C=O) groups excluding carboxylic acids is 2. The molecule has 2 fully saturated rings. The van der Waals surface area contributed by atoms with Gasteiger partial charge in [0.25, 0.3) is 0 Å². The standard InChI is InChI=1S/C38H52N6O2S2.2ClH/c1-47-37-33(17-13-21-39-37)15-7-9-19-35(45)43-29-25-41(26-30-43)23-11-5-3-4-6-12-24-42-27-31-44(32-28-42)36(46)20-10-8-16-34-18-14-22-40-38(34)48-2;;/h7-10,13-22H,3-6,11-12,23-32H2,1-2H3;2*1H. The fourth-order valence-electron chi connectivity index (χ4n) is 5.97. The molecule has 0 radical (unpaired) electrons. The van der Waals surface area contributed by atoms with Gasteiger partial charge in [-0.25, -0.2) is 9.97 Å². The number of pyridine rings is 2. The average molecular weight is 762 g/mol. The summed E-state index contributed by atoms with van der Waals surface area (Å²) >= 11 is 3.24.